The Kier molecular flexibility index (Phi) is 7.34. The molecule has 1 fully saturated rings. The van der Waals surface area contributed by atoms with Crippen LogP contribution in [-0.2, 0) is 11.3 Å². The molecule has 2 aromatic rings. The summed E-state index contributed by atoms with van der Waals surface area (Å²) in [4.78, 5) is 14.3. The van der Waals surface area contributed by atoms with Crippen molar-refractivity contribution in [3.63, 3.8) is 0 Å². The lowest BCUT2D eigenvalue weighted by Gasteiger charge is -2.38. The Morgan fingerprint density at radius 2 is 2.03 bits per heavy atom. The lowest BCUT2D eigenvalue weighted by molar-refractivity contribution is -0.131. The number of methoxy groups -OCH3 is 1. The van der Waals surface area contributed by atoms with Gasteiger partial charge < -0.3 is 15.0 Å². The SMILES string of the molecule is COc1ccc(CNc2nnc(SCC(=O)N(C)C3(C#N)CCCCC3)s2)cc1. The molecular weight excluding hydrogens is 406 g/mol. The molecule has 1 aromatic carbocycles. The molecule has 0 saturated heterocycles. The van der Waals surface area contributed by atoms with Crippen molar-refractivity contribution < 1.29 is 9.53 Å². The third-order valence-electron chi connectivity index (χ3n) is 5.23. The average molecular weight is 432 g/mol. The summed E-state index contributed by atoms with van der Waals surface area (Å²) in [5.74, 6) is 1.04. The molecule has 7 nitrogen and oxygen atoms in total. The van der Waals surface area contributed by atoms with Crippen molar-refractivity contribution in [2.75, 3.05) is 25.2 Å². The molecule has 0 spiro atoms. The van der Waals surface area contributed by atoms with E-state index in [4.69, 9.17) is 4.74 Å². The molecule has 1 heterocycles. The van der Waals surface area contributed by atoms with Crippen LogP contribution >= 0.6 is 23.1 Å². The molecule has 1 N–H and O–H groups in total. The minimum Gasteiger partial charge on any atom is -0.497 e. The van der Waals surface area contributed by atoms with Crippen LogP contribution in [0.15, 0.2) is 28.6 Å². The maximum absolute atomic E-state index is 12.6. The van der Waals surface area contributed by atoms with Gasteiger partial charge in [-0.25, -0.2) is 0 Å². The average Bonchev–Trinajstić information content (AvgIpc) is 3.24. The summed E-state index contributed by atoms with van der Waals surface area (Å²) < 4.78 is 5.89. The van der Waals surface area contributed by atoms with E-state index in [9.17, 15) is 10.1 Å². The van der Waals surface area contributed by atoms with Crippen LogP contribution in [0.5, 0.6) is 5.75 Å². The van der Waals surface area contributed by atoms with Crippen molar-refractivity contribution in [2.24, 2.45) is 0 Å². The first-order valence-corrected chi connectivity index (χ1v) is 11.4. The third-order valence-corrected chi connectivity index (χ3v) is 7.23. The smallest absolute Gasteiger partial charge is 0.234 e. The number of nitriles is 1. The first-order valence-electron chi connectivity index (χ1n) is 9.57. The van der Waals surface area contributed by atoms with Gasteiger partial charge >= 0.3 is 0 Å². The maximum atomic E-state index is 12.6. The number of thioether (sulfide) groups is 1. The standard InChI is InChI=1S/C20H25N5O2S2/c1-25(20(14-21)10-4-3-5-11-20)17(26)13-28-19-24-23-18(29-19)22-12-15-6-8-16(27-2)9-7-15/h6-9H,3-5,10-13H2,1-2H3,(H,22,23). The zero-order chi connectivity index (χ0) is 20.7. The molecule has 1 aliphatic rings. The van der Waals surface area contributed by atoms with E-state index in [1.54, 1.807) is 19.1 Å². The number of hydrogen-bond donors (Lipinski definition) is 1. The van der Waals surface area contributed by atoms with Crippen molar-refractivity contribution >= 4 is 34.1 Å². The molecule has 9 heteroatoms. The molecule has 154 valence electrons. The predicted octanol–water partition coefficient (Wildman–Crippen LogP) is 3.94. The van der Waals surface area contributed by atoms with Crippen LogP contribution in [-0.4, -0.2) is 46.5 Å². The minimum absolute atomic E-state index is 0.0404. The Hall–Kier alpha value is -2.31. The lowest BCUT2D eigenvalue weighted by Crippen LogP contribution is -2.50. The number of benzene rings is 1. The number of carbonyl (C=O) groups is 1. The van der Waals surface area contributed by atoms with Gasteiger partial charge in [-0.15, -0.1) is 10.2 Å². The number of aromatic nitrogens is 2. The summed E-state index contributed by atoms with van der Waals surface area (Å²) >= 11 is 2.79. The minimum atomic E-state index is -0.651. The zero-order valence-corrected chi connectivity index (χ0v) is 18.3. The fourth-order valence-corrected chi connectivity index (χ4v) is 5.04. The molecule has 0 aliphatic heterocycles. The van der Waals surface area contributed by atoms with Gasteiger partial charge in [0, 0.05) is 13.6 Å². The zero-order valence-electron chi connectivity index (χ0n) is 16.7. The van der Waals surface area contributed by atoms with Crippen molar-refractivity contribution in [1.82, 2.24) is 15.1 Å². The summed E-state index contributed by atoms with van der Waals surface area (Å²) in [5.41, 5.74) is 0.462. The van der Waals surface area contributed by atoms with Crippen LogP contribution in [0.25, 0.3) is 0 Å². The fourth-order valence-electron chi connectivity index (χ4n) is 3.38. The normalized spacial score (nSPS) is 15.3. The van der Waals surface area contributed by atoms with Crippen molar-refractivity contribution in [1.29, 1.82) is 5.26 Å². The highest BCUT2D eigenvalue weighted by atomic mass is 32.2. The summed E-state index contributed by atoms with van der Waals surface area (Å²) in [5, 5.41) is 21.9. The molecule has 1 aliphatic carbocycles. The monoisotopic (exact) mass is 431 g/mol. The highest BCUT2D eigenvalue weighted by Gasteiger charge is 2.38. The van der Waals surface area contributed by atoms with E-state index in [0.717, 1.165) is 47.8 Å². The molecule has 0 radical (unpaired) electrons. The van der Waals surface area contributed by atoms with E-state index in [1.165, 1.54) is 23.1 Å². The molecular formula is C20H25N5O2S2. The molecule has 0 bridgehead atoms. The van der Waals surface area contributed by atoms with Crippen LogP contribution in [0.1, 0.15) is 37.7 Å². The highest BCUT2D eigenvalue weighted by Crippen LogP contribution is 2.33. The predicted molar refractivity (Wildman–Crippen MR) is 115 cm³/mol. The van der Waals surface area contributed by atoms with Gasteiger partial charge in [0.25, 0.3) is 0 Å². The Morgan fingerprint density at radius 1 is 1.31 bits per heavy atom. The number of carbonyl (C=O) groups excluding carboxylic acids is 1. The van der Waals surface area contributed by atoms with E-state index < -0.39 is 5.54 Å². The van der Waals surface area contributed by atoms with Gasteiger partial charge in [-0.05, 0) is 30.5 Å². The Balaban J connectivity index is 1.49. The topological polar surface area (TPSA) is 91.1 Å². The molecule has 0 unspecified atom stereocenters. The van der Waals surface area contributed by atoms with Gasteiger partial charge in [-0.2, -0.15) is 5.26 Å². The first-order chi connectivity index (χ1) is 14.1. The van der Waals surface area contributed by atoms with E-state index in [-0.39, 0.29) is 11.7 Å². The van der Waals surface area contributed by atoms with E-state index in [1.807, 2.05) is 24.3 Å². The molecule has 1 amide bonds. The number of hydrogen-bond acceptors (Lipinski definition) is 8. The van der Waals surface area contributed by atoms with Crippen LogP contribution in [0, 0.1) is 11.3 Å². The lowest BCUT2D eigenvalue weighted by atomic mass is 9.81. The van der Waals surface area contributed by atoms with Crippen molar-refractivity contribution in [3.05, 3.63) is 29.8 Å². The van der Waals surface area contributed by atoms with Gasteiger partial charge in [0.05, 0.1) is 18.9 Å². The highest BCUT2D eigenvalue weighted by molar-refractivity contribution is 8.01. The van der Waals surface area contributed by atoms with Gasteiger partial charge in [0.1, 0.15) is 11.3 Å². The van der Waals surface area contributed by atoms with Gasteiger partial charge in [0.15, 0.2) is 4.34 Å². The van der Waals surface area contributed by atoms with Gasteiger partial charge in [0.2, 0.25) is 11.0 Å². The van der Waals surface area contributed by atoms with Crippen LogP contribution in [0.3, 0.4) is 0 Å². The maximum Gasteiger partial charge on any atom is 0.234 e. The Bertz CT molecular complexity index is 857. The summed E-state index contributed by atoms with van der Waals surface area (Å²) in [6, 6.07) is 10.2. The number of nitrogens with zero attached hydrogens (tertiary/aromatic N) is 4. The second-order valence-corrected chi connectivity index (χ2v) is 9.22. The van der Waals surface area contributed by atoms with E-state index >= 15 is 0 Å². The molecule has 29 heavy (non-hydrogen) atoms. The molecule has 1 saturated carbocycles. The quantitative estimate of drug-likeness (QED) is 0.633. The van der Waals surface area contributed by atoms with Crippen LogP contribution in [0.4, 0.5) is 5.13 Å². The van der Waals surface area contributed by atoms with Gasteiger partial charge in [-0.3, -0.25) is 4.79 Å². The number of rotatable bonds is 8. The second-order valence-electron chi connectivity index (χ2n) is 7.02. The third kappa shape index (κ3) is 5.40. The molecule has 1 aromatic heterocycles. The Morgan fingerprint density at radius 3 is 2.69 bits per heavy atom. The van der Waals surface area contributed by atoms with Crippen molar-refractivity contribution in [2.45, 2.75) is 48.5 Å². The van der Waals surface area contributed by atoms with E-state index in [0.29, 0.717) is 11.7 Å². The fraction of sp³-hybridized carbons (Fsp3) is 0.500. The number of anilines is 1. The Labute approximate surface area is 179 Å². The largest absolute Gasteiger partial charge is 0.497 e. The first kappa shape index (κ1) is 21.4. The van der Waals surface area contributed by atoms with E-state index in [2.05, 4.69) is 21.6 Å². The van der Waals surface area contributed by atoms with Crippen LogP contribution in [0.2, 0.25) is 0 Å². The summed E-state index contributed by atoms with van der Waals surface area (Å²) in [7, 11) is 3.39. The van der Waals surface area contributed by atoms with Crippen molar-refractivity contribution in [3.8, 4) is 11.8 Å². The number of ether oxygens (including phenoxy) is 1. The van der Waals surface area contributed by atoms with Gasteiger partial charge in [-0.1, -0.05) is 54.5 Å². The summed E-state index contributed by atoms with van der Waals surface area (Å²) in [6.45, 7) is 0.635. The summed E-state index contributed by atoms with van der Waals surface area (Å²) in [6.07, 6.45) is 4.65. The number of amides is 1. The van der Waals surface area contributed by atoms with Crippen LogP contribution < -0.4 is 10.1 Å². The molecule has 3 rings (SSSR count). The molecule has 0 atom stereocenters. The second kappa shape index (κ2) is 9.94. The number of nitrogens with one attached hydrogen (secondary N) is 1.